The van der Waals surface area contributed by atoms with Crippen LogP contribution in [0.1, 0.15) is 6.42 Å². The van der Waals surface area contributed by atoms with Crippen LogP contribution in [-0.4, -0.2) is 94.0 Å². The van der Waals surface area contributed by atoms with Gasteiger partial charge in [-0.1, -0.05) is 0 Å². The van der Waals surface area contributed by atoms with Gasteiger partial charge in [-0.15, -0.1) is 35.7 Å². The summed E-state index contributed by atoms with van der Waals surface area (Å²) in [5.41, 5.74) is 0. The molecule has 1 saturated heterocycles. The molecule has 1 aromatic rings. The highest BCUT2D eigenvalue weighted by molar-refractivity contribution is 14.0. The molecule has 0 spiro atoms. The summed E-state index contributed by atoms with van der Waals surface area (Å²) in [6.07, 6.45) is 0.924. The van der Waals surface area contributed by atoms with Crippen LogP contribution in [0.15, 0.2) is 34.2 Å². The molecular formula is C20H33FIN5O2S. The number of aliphatic imine (C=N–C) groups is 1. The molecule has 0 unspecified atom stereocenters. The number of benzene rings is 1. The molecule has 2 rings (SSSR count). The second kappa shape index (κ2) is 15.7. The molecule has 1 aliphatic heterocycles. The smallest absolute Gasteiger partial charge is 0.243 e. The Morgan fingerprint density at radius 3 is 2.53 bits per heavy atom. The molecule has 1 heterocycles. The minimum Gasteiger partial charge on any atom is -0.379 e. The van der Waals surface area contributed by atoms with Crippen LogP contribution in [0.4, 0.5) is 4.39 Å². The minimum atomic E-state index is -0.215. The zero-order valence-corrected chi connectivity index (χ0v) is 20.9. The van der Waals surface area contributed by atoms with E-state index in [1.165, 1.54) is 17.0 Å². The number of hydrogen-bond donors (Lipinski definition) is 2. The number of likely N-dealkylation sites (N-methyl/N-ethyl adjacent to an activating group) is 1. The van der Waals surface area contributed by atoms with Crippen molar-refractivity contribution >= 4 is 47.6 Å². The fraction of sp³-hybridized carbons (Fsp3) is 0.600. The minimum absolute atomic E-state index is 0. The zero-order valence-electron chi connectivity index (χ0n) is 17.7. The standard InChI is InChI=1S/C20H32FN5O2S.HI/c1-25(2)19(27)16-24-20(23-9-10-26-11-13-28-14-12-26)22-8-3-15-29-18-6-4-17(21)5-7-18;/h4-7H,3,8-16H2,1-2H3,(H2,22,23,24);1H. The summed E-state index contributed by atoms with van der Waals surface area (Å²) < 4.78 is 18.3. The fourth-order valence-corrected chi connectivity index (χ4v) is 3.47. The fourth-order valence-electron chi connectivity index (χ4n) is 2.62. The van der Waals surface area contributed by atoms with E-state index in [2.05, 4.69) is 20.5 Å². The highest BCUT2D eigenvalue weighted by Gasteiger charge is 2.10. The predicted octanol–water partition coefficient (Wildman–Crippen LogP) is 1.88. The first kappa shape index (κ1) is 26.9. The number of rotatable bonds is 10. The zero-order chi connectivity index (χ0) is 20.9. The molecule has 0 atom stereocenters. The summed E-state index contributed by atoms with van der Waals surface area (Å²) in [7, 11) is 3.45. The third-order valence-electron chi connectivity index (χ3n) is 4.39. The van der Waals surface area contributed by atoms with E-state index >= 15 is 0 Å². The summed E-state index contributed by atoms with van der Waals surface area (Å²) in [4.78, 5) is 21.2. The molecule has 1 aliphatic rings. The van der Waals surface area contributed by atoms with E-state index in [0.717, 1.165) is 63.0 Å². The van der Waals surface area contributed by atoms with Gasteiger partial charge in [0.1, 0.15) is 12.4 Å². The molecule has 10 heteroatoms. The molecule has 30 heavy (non-hydrogen) atoms. The van der Waals surface area contributed by atoms with Crippen LogP contribution in [0.25, 0.3) is 0 Å². The normalized spacial score (nSPS) is 14.7. The molecule has 0 aromatic heterocycles. The predicted molar refractivity (Wildman–Crippen MR) is 131 cm³/mol. The number of nitrogens with one attached hydrogen (secondary N) is 2. The lowest BCUT2D eigenvalue weighted by Crippen LogP contribution is -2.45. The number of thioether (sulfide) groups is 1. The Balaban J connectivity index is 0.00000450. The van der Waals surface area contributed by atoms with Crippen LogP contribution >= 0.6 is 35.7 Å². The quantitative estimate of drug-likeness (QED) is 0.152. The molecule has 7 nitrogen and oxygen atoms in total. The van der Waals surface area contributed by atoms with Gasteiger partial charge in [-0.2, -0.15) is 0 Å². The first-order chi connectivity index (χ1) is 14.0. The van der Waals surface area contributed by atoms with Gasteiger partial charge < -0.3 is 20.3 Å². The van der Waals surface area contributed by atoms with Crippen molar-refractivity contribution in [1.29, 1.82) is 0 Å². The van der Waals surface area contributed by atoms with E-state index in [4.69, 9.17) is 4.74 Å². The number of nitrogens with zero attached hydrogens (tertiary/aromatic N) is 3. The van der Waals surface area contributed by atoms with Crippen LogP contribution < -0.4 is 10.6 Å². The molecule has 1 amide bonds. The van der Waals surface area contributed by atoms with Gasteiger partial charge in [0.15, 0.2) is 5.96 Å². The van der Waals surface area contributed by atoms with Crippen LogP contribution in [0, 0.1) is 5.82 Å². The van der Waals surface area contributed by atoms with Crippen molar-refractivity contribution in [1.82, 2.24) is 20.4 Å². The Hall–Kier alpha value is -1.11. The van der Waals surface area contributed by atoms with Crippen LogP contribution in [0.3, 0.4) is 0 Å². The van der Waals surface area contributed by atoms with Gasteiger partial charge >= 0.3 is 0 Å². The van der Waals surface area contributed by atoms with Crippen molar-refractivity contribution in [2.75, 3.05) is 72.3 Å². The lowest BCUT2D eigenvalue weighted by Gasteiger charge is -2.26. The van der Waals surface area contributed by atoms with E-state index in [0.29, 0.717) is 5.96 Å². The molecule has 0 saturated carbocycles. The van der Waals surface area contributed by atoms with E-state index < -0.39 is 0 Å². The molecule has 170 valence electrons. The Bertz CT molecular complexity index is 643. The van der Waals surface area contributed by atoms with E-state index in [9.17, 15) is 9.18 Å². The molecule has 1 fully saturated rings. The van der Waals surface area contributed by atoms with Crippen molar-refractivity contribution < 1.29 is 13.9 Å². The Morgan fingerprint density at radius 1 is 1.20 bits per heavy atom. The number of amides is 1. The number of carbonyl (C=O) groups is 1. The molecular weight excluding hydrogens is 520 g/mol. The summed E-state index contributed by atoms with van der Waals surface area (Å²) in [6.45, 7) is 5.98. The van der Waals surface area contributed by atoms with Gasteiger partial charge in [0.2, 0.25) is 5.91 Å². The van der Waals surface area contributed by atoms with Gasteiger partial charge in [0.25, 0.3) is 0 Å². The number of morpholine rings is 1. The Labute approximate surface area is 200 Å². The number of carbonyl (C=O) groups excluding carboxylic acids is 1. The maximum absolute atomic E-state index is 12.9. The maximum atomic E-state index is 12.9. The van der Waals surface area contributed by atoms with Crippen LogP contribution in [0.2, 0.25) is 0 Å². The van der Waals surface area contributed by atoms with Crippen molar-refractivity contribution in [3.05, 3.63) is 30.1 Å². The monoisotopic (exact) mass is 553 g/mol. The van der Waals surface area contributed by atoms with Crippen molar-refractivity contribution in [3.63, 3.8) is 0 Å². The van der Waals surface area contributed by atoms with Crippen molar-refractivity contribution in [3.8, 4) is 0 Å². The van der Waals surface area contributed by atoms with Crippen LogP contribution in [-0.2, 0) is 9.53 Å². The summed E-state index contributed by atoms with van der Waals surface area (Å²) in [5, 5.41) is 6.61. The van der Waals surface area contributed by atoms with Crippen molar-refractivity contribution in [2.45, 2.75) is 11.3 Å². The van der Waals surface area contributed by atoms with Gasteiger partial charge in [-0.25, -0.2) is 9.38 Å². The third kappa shape index (κ3) is 11.3. The average molecular weight is 553 g/mol. The first-order valence-corrected chi connectivity index (χ1v) is 10.9. The lowest BCUT2D eigenvalue weighted by atomic mass is 10.4. The highest BCUT2D eigenvalue weighted by Crippen LogP contribution is 2.18. The summed E-state index contributed by atoms with van der Waals surface area (Å²) >= 11 is 1.69. The lowest BCUT2D eigenvalue weighted by molar-refractivity contribution is -0.127. The highest BCUT2D eigenvalue weighted by atomic mass is 127. The van der Waals surface area contributed by atoms with Gasteiger partial charge in [-0.05, 0) is 36.4 Å². The Kier molecular flexibility index (Phi) is 14.1. The van der Waals surface area contributed by atoms with Gasteiger partial charge in [-0.3, -0.25) is 9.69 Å². The second-order valence-corrected chi connectivity index (χ2v) is 8.08. The summed E-state index contributed by atoms with van der Waals surface area (Å²) in [5.74, 6) is 1.31. The van der Waals surface area contributed by atoms with Crippen LogP contribution in [0.5, 0.6) is 0 Å². The SMILES string of the molecule is CN(C)C(=O)CN=C(NCCCSc1ccc(F)cc1)NCCN1CCOCC1.I. The largest absolute Gasteiger partial charge is 0.379 e. The molecule has 0 radical (unpaired) electrons. The molecule has 0 aliphatic carbocycles. The molecule has 1 aromatic carbocycles. The number of guanidine groups is 1. The van der Waals surface area contributed by atoms with Gasteiger partial charge in [0, 0.05) is 51.7 Å². The second-order valence-electron chi connectivity index (χ2n) is 6.92. The molecule has 2 N–H and O–H groups in total. The van der Waals surface area contributed by atoms with E-state index in [1.54, 1.807) is 38.0 Å². The average Bonchev–Trinajstić information content (AvgIpc) is 2.73. The van der Waals surface area contributed by atoms with Gasteiger partial charge in [0.05, 0.1) is 13.2 Å². The number of halogens is 2. The maximum Gasteiger partial charge on any atom is 0.243 e. The Morgan fingerprint density at radius 2 is 1.87 bits per heavy atom. The topological polar surface area (TPSA) is 69.2 Å². The summed E-state index contributed by atoms with van der Waals surface area (Å²) in [6, 6.07) is 6.54. The van der Waals surface area contributed by atoms with E-state index in [1.807, 2.05) is 0 Å². The number of hydrogen-bond acceptors (Lipinski definition) is 5. The number of ether oxygens (including phenoxy) is 1. The van der Waals surface area contributed by atoms with Crippen molar-refractivity contribution in [2.24, 2.45) is 4.99 Å². The third-order valence-corrected chi connectivity index (χ3v) is 5.49. The van der Waals surface area contributed by atoms with E-state index in [-0.39, 0.29) is 42.2 Å². The first-order valence-electron chi connectivity index (χ1n) is 9.95. The molecule has 0 bridgehead atoms.